The maximum Gasteiger partial charge on any atom is 0.338 e. The van der Waals surface area contributed by atoms with Crippen molar-refractivity contribution in [2.45, 2.75) is 40.7 Å². The summed E-state index contributed by atoms with van der Waals surface area (Å²) >= 11 is 4.97. The van der Waals surface area contributed by atoms with Crippen LogP contribution in [-0.4, -0.2) is 41.8 Å². The number of amidine groups is 1. The Hall–Kier alpha value is -3.24. The molecular formula is C28H30BrN3O5S. The van der Waals surface area contributed by atoms with Crippen molar-refractivity contribution >= 4 is 50.4 Å². The van der Waals surface area contributed by atoms with Crippen molar-refractivity contribution in [3.63, 3.8) is 0 Å². The van der Waals surface area contributed by atoms with E-state index in [4.69, 9.17) is 14.2 Å². The van der Waals surface area contributed by atoms with Gasteiger partial charge in [-0.25, -0.2) is 9.79 Å². The first kappa shape index (κ1) is 27.8. The predicted molar refractivity (Wildman–Crippen MR) is 153 cm³/mol. The highest BCUT2D eigenvalue weighted by Crippen LogP contribution is 2.43. The van der Waals surface area contributed by atoms with Gasteiger partial charge in [0.05, 0.1) is 30.5 Å². The highest BCUT2D eigenvalue weighted by molar-refractivity contribution is 9.10. The maximum atomic E-state index is 12.9. The number of carbonyl (C=O) groups is 2. The van der Waals surface area contributed by atoms with Crippen molar-refractivity contribution in [3.8, 4) is 11.5 Å². The Morgan fingerprint density at radius 3 is 2.47 bits per heavy atom. The van der Waals surface area contributed by atoms with Gasteiger partial charge in [0.1, 0.15) is 0 Å². The Morgan fingerprint density at radius 1 is 1.05 bits per heavy atom. The summed E-state index contributed by atoms with van der Waals surface area (Å²) in [7, 11) is 0. The standard InChI is InChI=1S/C28H30BrN3O5S/c1-6-35-22-14-19(26-24(27(34)36-7-2)18(5)30-28-32(26)10-11-38-28)8-9-21(22)37-15-23(33)31-25-16(3)12-20(29)13-17(25)4/h8-14,26H,6-7,15H2,1-5H3,(H,31,33)/t26-/m1/s1. The Bertz CT molecular complexity index is 1330. The van der Waals surface area contributed by atoms with Gasteiger partial charge in [-0.05, 0) is 81.0 Å². The van der Waals surface area contributed by atoms with E-state index in [2.05, 4.69) is 26.2 Å². The van der Waals surface area contributed by atoms with Crippen LogP contribution in [0.3, 0.4) is 0 Å². The molecule has 0 aromatic heterocycles. The molecular weight excluding hydrogens is 570 g/mol. The Kier molecular flexibility index (Phi) is 8.83. The van der Waals surface area contributed by atoms with Crippen LogP contribution in [-0.2, 0) is 14.3 Å². The summed E-state index contributed by atoms with van der Waals surface area (Å²) in [6, 6.07) is 8.94. The summed E-state index contributed by atoms with van der Waals surface area (Å²) in [6.45, 7) is 9.83. The number of carbonyl (C=O) groups excluding carboxylic acids is 2. The van der Waals surface area contributed by atoms with E-state index in [1.54, 1.807) is 13.0 Å². The molecule has 0 unspecified atom stereocenters. The fourth-order valence-electron chi connectivity index (χ4n) is 4.41. The van der Waals surface area contributed by atoms with Crippen LogP contribution in [0.5, 0.6) is 11.5 Å². The minimum absolute atomic E-state index is 0.187. The molecule has 2 aromatic carbocycles. The zero-order chi connectivity index (χ0) is 27.4. The number of esters is 1. The van der Waals surface area contributed by atoms with Crippen LogP contribution < -0.4 is 14.8 Å². The third-order valence-corrected chi connectivity index (χ3v) is 7.25. The largest absolute Gasteiger partial charge is 0.490 e. The number of ether oxygens (including phenoxy) is 3. The topological polar surface area (TPSA) is 89.5 Å². The van der Waals surface area contributed by atoms with Crippen LogP contribution in [0.15, 0.2) is 62.7 Å². The van der Waals surface area contributed by atoms with E-state index in [0.717, 1.165) is 32.0 Å². The van der Waals surface area contributed by atoms with Gasteiger partial charge in [0.2, 0.25) is 0 Å². The number of aliphatic imine (C=N–C) groups is 1. The number of nitrogens with one attached hydrogen (secondary N) is 1. The number of hydrogen-bond acceptors (Lipinski definition) is 8. The average molecular weight is 601 g/mol. The quantitative estimate of drug-likeness (QED) is 0.341. The number of benzene rings is 2. The smallest absolute Gasteiger partial charge is 0.338 e. The van der Waals surface area contributed by atoms with Crippen molar-refractivity contribution in [2.24, 2.45) is 4.99 Å². The van der Waals surface area contributed by atoms with Gasteiger partial charge in [-0.2, -0.15) is 0 Å². The first-order valence-electron chi connectivity index (χ1n) is 12.3. The van der Waals surface area contributed by atoms with Crippen LogP contribution in [0.1, 0.15) is 43.5 Å². The van der Waals surface area contributed by atoms with Gasteiger partial charge in [-0.15, -0.1) is 0 Å². The van der Waals surface area contributed by atoms with E-state index in [1.165, 1.54) is 11.8 Å². The molecule has 38 heavy (non-hydrogen) atoms. The van der Waals surface area contributed by atoms with Crippen LogP contribution >= 0.6 is 27.7 Å². The summed E-state index contributed by atoms with van der Waals surface area (Å²) in [6.07, 6.45) is 1.90. The molecule has 0 aliphatic carbocycles. The molecule has 200 valence electrons. The van der Waals surface area contributed by atoms with Crippen molar-refractivity contribution in [1.29, 1.82) is 0 Å². The van der Waals surface area contributed by atoms with Gasteiger partial charge < -0.3 is 24.4 Å². The van der Waals surface area contributed by atoms with E-state index >= 15 is 0 Å². The van der Waals surface area contributed by atoms with Gasteiger partial charge >= 0.3 is 5.97 Å². The number of allylic oxidation sites excluding steroid dienone is 1. The molecule has 1 N–H and O–H groups in total. The first-order valence-corrected chi connectivity index (χ1v) is 13.9. The lowest BCUT2D eigenvalue weighted by Gasteiger charge is -2.33. The number of halogens is 1. The zero-order valence-corrected chi connectivity index (χ0v) is 24.4. The summed E-state index contributed by atoms with van der Waals surface area (Å²) < 4.78 is 18.1. The molecule has 10 heteroatoms. The number of fused-ring (bicyclic) bond motifs is 1. The Labute approximate surface area is 235 Å². The number of hydrogen-bond donors (Lipinski definition) is 1. The first-order chi connectivity index (χ1) is 18.2. The van der Waals surface area contributed by atoms with E-state index in [1.807, 2.05) is 68.5 Å². The van der Waals surface area contributed by atoms with E-state index < -0.39 is 12.0 Å². The summed E-state index contributed by atoms with van der Waals surface area (Å²) in [5.74, 6) is 0.233. The number of nitrogens with zero attached hydrogens (tertiary/aromatic N) is 2. The van der Waals surface area contributed by atoms with Crippen LogP contribution in [0.4, 0.5) is 5.69 Å². The molecule has 0 saturated carbocycles. The molecule has 2 aromatic rings. The van der Waals surface area contributed by atoms with Crippen LogP contribution in [0.25, 0.3) is 0 Å². The molecule has 2 aliphatic rings. The maximum absolute atomic E-state index is 12.9. The van der Waals surface area contributed by atoms with Crippen molar-refractivity contribution < 1.29 is 23.8 Å². The van der Waals surface area contributed by atoms with Crippen LogP contribution in [0.2, 0.25) is 0 Å². The lowest BCUT2D eigenvalue weighted by Crippen LogP contribution is -2.34. The minimum atomic E-state index is -0.437. The number of thioether (sulfide) groups is 1. The molecule has 0 spiro atoms. The van der Waals surface area contributed by atoms with Gasteiger partial charge in [-0.3, -0.25) is 4.79 Å². The molecule has 2 aliphatic heterocycles. The number of anilines is 1. The molecule has 2 heterocycles. The number of rotatable bonds is 9. The molecule has 0 bridgehead atoms. The molecule has 4 rings (SSSR count). The lowest BCUT2D eigenvalue weighted by molar-refractivity contribution is -0.139. The van der Waals surface area contributed by atoms with Crippen molar-refractivity contribution in [1.82, 2.24) is 4.90 Å². The Morgan fingerprint density at radius 2 is 1.79 bits per heavy atom. The van der Waals surface area contributed by atoms with Gasteiger partial charge in [0, 0.05) is 16.4 Å². The zero-order valence-electron chi connectivity index (χ0n) is 22.0. The highest BCUT2D eigenvalue weighted by Gasteiger charge is 2.37. The van der Waals surface area contributed by atoms with Crippen molar-refractivity contribution in [2.75, 3.05) is 25.1 Å². The SMILES string of the molecule is CCOC(=O)C1=C(C)N=C2SC=CN2[C@@H]1c1ccc(OCC(=O)Nc2c(C)cc(Br)cc2C)c(OCC)c1. The molecule has 0 saturated heterocycles. The molecule has 8 nitrogen and oxygen atoms in total. The van der Waals surface area contributed by atoms with Crippen molar-refractivity contribution in [3.05, 3.63) is 74.4 Å². The fraction of sp³-hybridized carbons (Fsp3) is 0.321. The normalized spacial score (nSPS) is 16.2. The lowest BCUT2D eigenvalue weighted by atomic mass is 9.94. The molecule has 1 amide bonds. The van der Waals surface area contributed by atoms with Gasteiger partial charge in [-0.1, -0.05) is 33.8 Å². The molecule has 0 fully saturated rings. The molecule has 1 atom stereocenters. The molecule has 0 radical (unpaired) electrons. The van der Waals surface area contributed by atoms with Gasteiger partial charge in [0.25, 0.3) is 5.91 Å². The summed E-state index contributed by atoms with van der Waals surface area (Å²) in [5.41, 5.74) is 4.57. The third kappa shape index (κ3) is 5.91. The second kappa shape index (κ2) is 12.1. The van der Waals surface area contributed by atoms with E-state index in [-0.39, 0.29) is 19.1 Å². The fourth-order valence-corrected chi connectivity index (χ4v) is 5.89. The summed E-state index contributed by atoms with van der Waals surface area (Å²) in [4.78, 5) is 32.2. The van der Waals surface area contributed by atoms with Gasteiger partial charge in [0.15, 0.2) is 23.3 Å². The third-order valence-electron chi connectivity index (χ3n) is 6.02. The van der Waals surface area contributed by atoms with Crippen LogP contribution in [0, 0.1) is 13.8 Å². The Balaban J connectivity index is 1.58. The monoisotopic (exact) mass is 599 g/mol. The highest BCUT2D eigenvalue weighted by atomic mass is 79.9. The predicted octanol–water partition coefficient (Wildman–Crippen LogP) is 6.25. The number of aryl methyl sites for hydroxylation is 2. The minimum Gasteiger partial charge on any atom is -0.490 e. The summed E-state index contributed by atoms with van der Waals surface area (Å²) in [5, 5.41) is 5.66. The second-order valence-electron chi connectivity index (χ2n) is 8.72. The van der Waals surface area contributed by atoms with E-state index in [0.29, 0.717) is 29.4 Å². The second-order valence-corrected chi connectivity index (χ2v) is 10.5. The van der Waals surface area contributed by atoms with E-state index in [9.17, 15) is 9.59 Å². The number of amides is 1. The average Bonchev–Trinajstić information content (AvgIpc) is 3.33.